The van der Waals surface area contributed by atoms with Crippen molar-refractivity contribution in [3.05, 3.63) is 34.9 Å². The molecule has 0 fully saturated rings. The minimum absolute atomic E-state index is 0.245. The number of hydrogen-bond acceptors (Lipinski definition) is 5. The number of amides is 3. The van der Waals surface area contributed by atoms with Crippen LogP contribution in [0.3, 0.4) is 0 Å². The third-order valence-electron chi connectivity index (χ3n) is 4.45. The van der Waals surface area contributed by atoms with E-state index in [1.54, 1.807) is 35.4 Å². The molecule has 0 saturated heterocycles. The Bertz CT molecular complexity index is 648. The molecule has 3 amide bonds. The van der Waals surface area contributed by atoms with E-state index >= 15 is 0 Å². The molecule has 0 saturated carbocycles. The van der Waals surface area contributed by atoms with Crippen LogP contribution in [0.1, 0.15) is 38.0 Å². The molecule has 0 aliphatic rings. The van der Waals surface area contributed by atoms with Gasteiger partial charge in [-0.1, -0.05) is 0 Å². The van der Waals surface area contributed by atoms with Crippen molar-refractivity contribution < 1.29 is 23.9 Å². The Labute approximate surface area is 167 Å². The van der Waals surface area contributed by atoms with Gasteiger partial charge in [0, 0.05) is 71.7 Å². The Morgan fingerprint density at radius 2 is 1.04 bits per heavy atom. The van der Waals surface area contributed by atoms with Crippen LogP contribution in [0.25, 0.3) is 0 Å². The molecule has 8 heteroatoms. The van der Waals surface area contributed by atoms with E-state index in [0.29, 0.717) is 38.4 Å². The number of ether oxygens (including phenoxy) is 2. The Morgan fingerprint density at radius 3 is 1.32 bits per heavy atom. The second-order valence-corrected chi connectivity index (χ2v) is 6.56. The average Bonchev–Trinajstić information content (AvgIpc) is 2.72. The number of nitrogens with zero attached hydrogens (tertiary/aromatic N) is 3. The molecule has 0 aromatic heterocycles. The first kappa shape index (κ1) is 23.6. The lowest BCUT2D eigenvalue weighted by atomic mass is 10.0. The van der Waals surface area contributed by atoms with Crippen molar-refractivity contribution in [2.45, 2.75) is 6.92 Å². The van der Waals surface area contributed by atoms with Crippen molar-refractivity contribution in [1.82, 2.24) is 14.7 Å². The largest absolute Gasteiger partial charge is 0.383 e. The summed E-state index contributed by atoms with van der Waals surface area (Å²) in [6, 6.07) is 4.60. The smallest absolute Gasteiger partial charge is 0.253 e. The fourth-order valence-corrected chi connectivity index (χ4v) is 2.46. The lowest BCUT2D eigenvalue weighted by Gasteiger charge is -2.21. The Kier molecular flexibility index (Phi) is 9.61. The molecule has 0 heterocycles. The van der Waals surface area contributed by atoms with Gasteiger partial charge in [-0.05, 0) is 25.1 Å². The molecule has 1 rings (SSSR count). The summed E-state index contributed by atoms with van der Waals surface area (Å²) in [7, 11) is 8.10. The summed E-state index contributed by atoms with van der Waals surface area (Å²) in [4.78, 5) is 42.7. The van der Waals surface area contributed by atoms with Crippen LogP contribution in [-0.2, 0) is 9.47 Å². The first-order valence-electron chi connectivity index (χ1n) is 9.16. The van der Waals surface area contributed by atoms with E-state index in [1.807, 2.05) is 6.92 Å². The van der Waals surface area contributed by atoms with Crippen LogP contribution < -0.4 is 0 Å². The number of benzene rings is 1. The minimum atomic E-state index is -0.278. The third kappa shape index (κ3) is 6.31. The van der Waals surface area contributed by atoms with Gasteiger partial charge in [-0.3, -0.25) is 14.4 Å². The summed E-state index contributed by atoms with van der Waals surface area (Å²) >= 11 is 0. The molecule has 1 aromatic rings. The van der Waals surface area contributed by atoms with E-state index in [1.165, 1.54) is 32.9 Å². The molecule has 0 N–H and O–H groups in total. The summed E-state index contributed by atoms with van der Waals surface area (Å²) in [6.07, 6.45) is 0. The lowest BCUT2D eigenvalue weighted by molar-refractivity contribution is 0.0741. The molecular formula is C20H31N3O5. The van der Waals surface area contributed by atoms with Crippen LogP contribution in [-0.4, -0.2) is 101 Å². The van der Waals surface area contributed by atoms with Crippen molar-refractivity contribution in [2.75, 3.05) is 68.2 Å². The van der Waals surface area contributed by atoms with Crippen molar-refractivity contribution in [1.29, 1.82) is 0 Å². The van der Waals surface area contributed by atoms with Gasteiger partial charge in [-0.2, -0.15) is 0 Å². The van der Waals surface area contributed by atoms with Gasteiger partial charge in [0.2, 0.25) is 0 Å². The van der Waals surface area contributed by atoms with Crippen LogP contribution in [0.4, 0.5) is 0 Å². The maximum atomic E-state index is 12.8. The zero-order chi connectivity index (χ0) is 21.3. The van der Waals surface area contributed by atoms with Gasteiger partial charge in [-0.15, -0.1) is 0 Å². The standard InChI is InChI=1S/C20H31N3O5/c1-7-21(2)18(24)15-12-16(19(25)22(3)8-10-27-5)14-17(13-15)20(26)23(4)9-11-28-6/h12-14H,7-11H2,1-6H3. The maximum Gasteiger partial charge on any atom is 0.253 e. The summed E-state index contributed by atoms with van der Waals surface area (Å²) in [5, 5.41) is 0. The van der Waals surface area contributed by atoms with Crippen molar-refractivity contribution in [2.24, 2.45) is 0 Å². The highest BCUT2D eigenvalue weighted by Crippen LogP contribution is 2.16. The second kappa shape index (κ2) is 11.4. The predicted octanol–water partition coefficient (Wildman–Crippen LogP) is 1.22. The topological polar surface area (TPSA) is 79.4 Å². The van der Waals surface area contributed by atoms with E-state index in [2.05, 4.69) is 0 Å². The number of hydrogen-bond donors (Lipinski definition) is 0. The number of methoxy groups -OCH3 is 2. The first-order chi connectivity index (χ1) is 13.3. The highest BCUT2D eigenvalue weighted by molar-refractivity contribution is 6.04. The fourth-order valence-electron chi connectivity index (χ4n) is 2.46. The van der Waals surface area contributed by atoms with Gasteiger partial charge in [0.25, 0.3) is 17.7 Å². The highest BCUT2D eigenvalue weighted by atomic mass is 16.5. The SMILES string of the molecule is CCN(C)C(=O)c1cc(C(=O)N(C)CCOC)cc(C(=O)N(C)CCOC)c1. The highest BCUT2D eigenvalue weighted by Gasteiger charge is 2.21. The van der Waals surface area contributed by atoms with Crippen LogP contribution in [0, 0.1) is 0 Å². The second-order valence-electron chi connectivity index (χ2n) is 6.56. The zero-order valence-electron chi connectivity index (χ0n) is 17.7. The van der Waals surface area contributed by atoms with Crippen molar-refractivity contribution >= 4 is 17.7 Å². The Balaban J connectivity index is 3.29. The summed E-state index contributed by atoms with van der Waals surface area (Å²) in [5.74, 6) is -0.802. The van der Waals surface area contributed by atoms with Crippen molar-refractivity contribution in [3.8, 4) is 0 Å². The Hall–Kier alpha value is -2.45. The van der Waals surface area contributed by atoms with E-state index < -0.39 is 0 Å². The number of likely N-dealkylation sites (N-methyl/N-ethyl adjacent to an activating group) is 2. The molecular weight excluding hydrogens is 362 g/mol. The number of rotatable bonds is 10. The van der Waals surface area contributed by atoms with E-state index in [9.17, 15) is 14.4 Å². The minimum Gasteiger partial charge on any atom is -0.383 e. The van der Waals surface area contributed by atoms with Crippen molar-refractivity contribution in [3.63, 3.8) is 0 Å². The van der Waals surface area contributed by atoms with Crippen LogP contribution in [0.5, 0.6) is 0 Å². The number of carbonyl (C=O) groups excluding carboxylic acids is 3. The molecule has 0 atom stereocenters. The van der Waals surface area contributed by atoms with Gasteiger partial charge in [0.05, 0.1) is 13.2 Å². The quantitative estimate of drug-likeness (QED) is 0.597. The normalized spacial score (nSPS) is 10.5. The van der Waals surface area contributed by atoms with E-state index in [-0.39, 0.29) is 28.8 Å². The first-order valence-corrected chi connectivity index (χ1v) is 9.16. The molecule has 0 radical (unpaired) electrons. The lowest BCUT2D eigenvalue weighted by Crippen LogP contribution is -2.33. The molecule has 0 spiro atoms. The monoisotopic (exact) mass is 393 g/mol. The molecule has 1 aromatic carbocycles. The summed E-state index contributed by atoms with van der Waals surface area (Å²) in [5.41, 5.74) is 0.883. The Morgan fingerprint density at radius 1 is 0.714 bits per heavy atom. The summed E-state index contributed by atoms with van der Waals surface area (Å²) in [6.45, 7) is 3.96. The maximum absolute atomic E-state index is 12.8. The van der Waals surface area contributed by atoms with Gasteiger partial charge in [0.15, 0.2) is 0 Å². The number of carbonyl (C=O) groups is 3. The molecule has 28 heavy (non-hydrogen) atoms. The van der Waals surface area contributed by atoms with Crippen LogP contribution in [0.2, 0.25) is 0 Å². The molecule has 0 unspecified atom stereocenters. The molecule has 8 nitrogen and oxygen atoms in total. The van der Waals surface area contributed by atoms with Gasteiger partial charge >= 0.3 is 0 Å². The summed E-state index contributed by atoms with van der Waals surface area (Å²) < 4.78 is 10.0. The van der Waals surface area contributed by atoms with Gasteiger partial charge in [0.1, 0.15) is 0 Å². The predicted molar refractivity (Wildman–Crippen MR) is 107 cm³/mol. The van der Waals surface area contributed by atoms with Gasteiger partial charge < -0.3 is 24.2 Å². The molecule has 0 bridgehead atoms. The van der Waals surface area contributed by atoms with Crippen LogP contribution >= 0.6 is 0 Å². The zero-order valence-corrected chi connectivity index (χ0v) is 17.7. The van der Waals surface area contributed by atoms with Gasteiger partial charge in [-0.25, -0.2) is 0 Å². The van der Waals surface area contributed by atoms with E-state index in [0.717, 1.165) is 0 Å². The molecule has 0 aliphatic carbocycles. The van der Waals surface area contributed by atoms with E-state index in [4.69, 9.17) is 9.47 Å². The molecule has 0 aliphatic heterocycles. The molecule has 156 valence electrons. The average molecular weight is 393 g/mol. The van der Waals surface area contributed by atoms with Crippen LogP contribution in [0.15, 0.2) is 18.2 Å². The fraction of sp³-hybridized carbons (Fsp3) is 0.550. The third-order valence-corrected chi connectivity index (χ3v) is 4.45.